The smallest absolute Gasteiger partial charge is 0.314 e. The van der Waals surface area contributed by atoms with Gasteiger partial charge in [-0.25, -0.2) is 0 Å². The second kappa shape index (κ2) is 7.53. The van der Waals surface area contributed by atoms with E-state index in [1.807, 2.05) is 0 Å². The van der Waals surface area contributed by atoms with E-state index in [4.69, 9.17) is 9.47 Å². The molecule has 1 aromatic rings. The van der Waals surface area contributed by atoms with E-state index in [0.717, 1.165) is 12.8 Å². The summed E-state index contributed by atoms with van der Waals surface area (Å²) in [6.45, 7) is 2.73. The molecule has 0 aliphatic rings. The second-order valence-corrected chi connectivity index (χ2v) is 4.00. The third-order valence-corrected chi connectivity index (χ3v) is 2.61. The molecule has 0 bridgehead atoms. The average molecular weight is 253 g/mol. The maximum Gasteiger partial charge on any atom is 0.314 e. The Labute approximate surface area is 107 Å². The first-order valence-electron chi connectivity index (χ1n) is 6.14. The van der Waals surface area contributed by atoms with Gasteiger partial charge in [0.15, 0.2) is 5.75 Å². The van der Waals surface area contributed by atoms with Crippen LogP contribution in [-0.2, 0) is 0 Å². The summed E-state index contributed by atoms with van der Waals surface area (Å²) >= 11 is 0. The Hall–Kier alpha value is -1.78. The summed E-state index contributed by atoms with van der Waals surface area (Å²) in [7, 11) is 1.41. The molecule has 0 atom stereocenters. The monoisotopic (exact) mass is 253 g/mol. The van der Waals surface area contributed by atoms with Crippen molar-refractivity contribution in [2.45, 2.75) is 32.6 Å². The van der Waals surface area contributed by atoms with Crippen molar-refractivity contribution >= 4 is 5.69 Å². The molecule has 0 heterocycles. The van der Waals surface area contributed by atoms with Crippen LogP contribution in [0.25, 0.3) is 0 Å². The van der Waals surface area contributed by atoms with Gasteiger partial charge in [-0.2, -0.15) is 0 Å². The molecule has 0 unspecified atom stereocenters. The van der Waals surface area contributed by atoms with Crippen molar-refractivity contribution in [2.24, 2.45) is 0 Å². The number of benzene rings is 1. The van der Waals surface area contributed by atoms with Gasteiger partial charge in [-0.15, -0.1) is 0 Å². The van der Waals surface area contributed by atoms with Crippen LogP contribution in [0.1, 0.15) is 32.6 Å². The summed E-state index contributed by atoms with van der Waals surface area (Å²) in [6, 6.07) is 4.64. The maximum atomic E-state index is 10.8. The van der Waals surface area contributed by atoms with E-state index in [-0.39, 0.29) is 11.4 Å². The zero-order valence-corrected chi connectivity index (χ0v) is 10.8. The minimum atomic E-state index is -0.469. The number of hydrogen-bond acceptors (Lipinski definition) is 4. The van der Waals surface area contributed by atoms with Crippen LogP contribution in [0.2, 0.25) is 0 Å². The van der Waals surface area contributed by atoms with E-state index < -0.39 is 4.92 Å². The second-order valence-electron chi connectivity index (χ2n) is 4.00. The van der Waals surface area contributed by atoms with Gasteiger partial charge in [-0.3, -0.25) is 10.1 Å². The topological polar surface area (TPSA) is 61.6 Å². The molecule has 5 heteroatoms. The highest BCUT2D eigenvalue weighted by molar-refractivity contribution is 5.50. The molecule has 0 spiro atoms. The Morgan fingerprint density at radius 1 is 1.28 bits per heavy atom. The molecule has 0 aliphatic carbocycles. The van der Waals surface area contributed by atoms with Crippen LogP contribution in [0.15, 0.2) is 18.2 Å². The lowest BCUT2D eigenvalue weighted by Crippen LogP contribution is -1.99. The first-order valence-corrected chi connectivity index (χ1v) is 6.14. The largest absolute Gasteiger partial charge is 0.493 e. The van der Waals surface area contributed by atoms with Crippen LogP contribution < -0.4 is 9.47 Å². The predicted molar refractivity (Wildman–Crippen MR) is 69.3 cm³/mol. The molecule has 0 N–H and O–H groups in total. The molecule has 1 aromatic carbocycles. The van der Waals surface area contributed by atoms with Crippen LogP contribution in [0.4, 0.5) is 5.69 Å². The third-order valence-electron chi connectivity index (χ3n) is 2.61. The van der Waals surface area contributed by atoms with Gasteiger partial charge in [-0.05, 0) is 18.6 Å². The summed E-state index contributed by atoms with van der Waals surface area (Å²) in [5, 5.41) is 10.8. The number of nitro groups is 1. The highest BCUT2D eigenvalue weighted by Gasteiger charge is 2.15. The molecule has 5 nitrogen and oxygen atoms in total. The normalized spacial score (nSPS) is 10.1. The van der Waals surface area contributed by atoms with Crippen molar-refractivity contribution < 1.29 is 14.4 Å². The van der Waals surface area contributed by atoms with Crippen LogP contribution in [0.3, 0.4) is 0 Å². The van der Waals surface area contributed by atoms with Crippen LogP contribution in [0, 0.1) is 10.1 Å². The SMILES string of the molecule is CCCCCCOc1ccc(OC)c([N+](=O)[O-])c1. The summed E-state index contributed by atoms with van der Waals surface area (Å²) < 4.78 is 10.4. The first kappa shape index (κ1) is 14.3. The Kier molecular flexibility index (Phi) is 5.97. The Morgan fingerprint density at radius 2 is 2.06 bits per heavy atom. The van der Waals surface area contributed by atoms with Gasteiger partial charge < -0.3 is 9.47 Å². The van der Waals surface area contributed by atoms with Gasteiger partial charge in [0.25, 0.3) is 0 Å². The molecule has 0 saturated carbocycles. The molecule has 18 heavy (non-hydrogen) atoms. The van der Waals surface area contributed by atoms with E-state index >= 15 is 0 Å². The first-order chi connectivity index (χ1) is 8.69. The molecule has 100 valence electrons. The number of methoxy groups -OCH3 is 1. The number of nitro benzene ring substituents is 1. The fourth-order valence-corrected chi connectivity index (χ4v) is 1.62. The van der Waals surface area contributed by atoms with Crippen molar-refractivity contribution in [2.75, 3.05) is 13.7 Å². The molecule has 0 amide bonds. The quantitative estimate of drug-likeness (QED) is 0.403. The van der Waals surface area contributed by atoms with Crippen LogP contribution in [-0.4, -0.2) is 18.6 Å². The van der Waals surface area contributed by atoms with Crippen molar-refractivity contribution in [1.29, 1.82) is 0 Å². The number of unbranched alkanes of at least 4 members (excludes halogenated alkanes) is 3. The fraction of sp³-hybridized carbons (Fsp3) is 0.538. The number of rotatable bonds is 8. The lowest BCUT2D eigenvalue weighted by atomic mass is 10.2. The summed E-state index contributed by atoms with van der Waals surface area (Å²) in [4.78, 5) is 10.3. The number of nitrogens with zero attached hydrogens (tertiary/aromatic N) is 1. The molecule has 0 radical (unpaired) electrons. The van der Waals surface area contributed by atoms with Gasteiger partial charge in [-0.1, -0.05) is 26.2 Å². The van der Waals surface area contributed by atoms with Gasteiger partial charge >= 0.3 is 5.69 Å². The standard InChI is InChI=1S/C13H19NO4/c1-3-4-5-6-9-18-11-7-8-13(17-2)12(10-11)14(15)16/h7-8,10H,3-6,9H2,1-2H3. The molecule has 1 rings (SSSR count). The Bertz CT molecular complexity index is 393. The van der Waals surface area contributed by atoms with E-state index in [2.05, 4.69) is 6.92 Å². The Balaban J connectivity index is 2.56. The molecule has 0 saturated heterocycles. The Morgan fingerprint density at radius 3 is 2.67 bits per heavy atom. The van der Waals surface area contributed by atoms with Gasteiger partial charge in [0.2, 0.25) is 0 Å². The highest BCUT2D eigenvalue weighted by Crippen LogP contribution is 2.30. The summed E-state index contributed by atoms with van der Waals surface area (Å²) in [6.07, 6.45) is 4.45. The average Bonchev–Trinajstić information content (AvgIpc) is 2.38. The van der Waals surface area contributed by atoms with Crippen molar-refractivity contribution in [3.63, 3.8) is 0 Å². The fourth-order valence-electron chi connectivity index (χ4n) is 1.62. The minimum Gasteiger partial charge on any atom is -0.493 e. The van der Waals surface area contributed by atoms with Crippen molar-refractivity contribution in [3.8, 4) is 11.5 Å². The maximum absolute atomic E-state index is 10.8. The predicted octanol–water partition coefficient (Wildman–Crippen LogP) is 3.56. The number of hydrogen-bond donors (Lipinski definition) is 0. The minimum absolute atomic E-state index is 0.0661. The van der Waals surface area contributed by atoms with E-state index in [1.165, 1.54) is 26.0 Å². The van der Waals surface area contributed by atoms with Gasteiger partial charge in [0.1, 0.15) is 5.75 Å². The van der Waals surface area contributed by atoms with Crippen LogP contribution in [0.5, 0.6) is 11.5 Å². The zero-order chi connectivity index (χ0) is 13.4. The van der Waals surface area contributed by atoms with E-state index in [9.17, 15) is 10.1 Å². The van der Waals surface area contributed by atoms with E-state index in [0.29, 0.717) is 12.4 Å². The van der Waals surface area contributed by atoms with E-state index in [1.54, 1.807) is 12.1 Å². The van der Waals surface area contributed by atoms with Gasteiger partial charge in [0, 0.05) is 0 Å². The molecule has 0 aromatic heterocycles. The molecular formula is C13H19NO4. The van der Waals surface area contributed by atoms with Gasteiger partial charge in [0.05, 0.1) is 24.7 Å². The number of ether oxygens (including phenoxy) is 2. The lowest BCUT2D eigenvalue weighted by molar-refractivity contribution is -0.385. The molecule has 0 aliphatic heterocycles. The third kappa shape index (κ3) is 4.24. The van der Waals surface area contributed by atoms with Crippen molar-refractivity contribution in [1.82, 2.24) is 0 Å². The van der Waals surface area contributed by atoms with Crippen LogP contribution >= 0.6 is 0 Å². The molecule has 0 fully saturated rings. The molecular weight excluding hydrogens is 234 g/mol. The van der Waals surface area contributed by atoms with Crippen molar-refractivity contribution in [3.05, 3.63) is 28.3 Å². The summed E-state index contributed by atoms with van der Waals surface area (Å²) in [5.41, 5.74) is -0.0661. The summed E-state index contributed by atoms with van der Waals surface area (Å²) in [5.74, 6) is 0.761. The zero-order valence-electron chi connectivity index (χ0n) is 10.8. The highest BCUT2D eigenvalue weighted by atomic mass is 16.6. The lowest BCUT2D eigenvalue weighted by Gasteiger charge is -2.07.